The van der Waals surface area contributed by atoms with E-state index in [9.17, 15) is 4.79 Å². The van der Waals surface area contributed by atoms with Crippen molar-refractivity contribution in [2.24, 2.45) is 0 Å². The van der Waals surface area contributed by atoms with Gasteiger partial charge in [-0.15, -0.1) is 0 Å². The first-order chi connectivity index (χ1) is 8.31. The quantitative estimate of drug-likeness (QED) is 0.628. The molecule has 86 valence electrons. The van der Waals surface area contributed by atoms with Gasteiger partial charge in [-0.25, -0.2) is 5.48 Å². The van der Waals surface area contributed by atoms with E-state index in [1.54, 1.807) is 41.9 Å². The molecule has 4 heteroatoms. The monoisotopic (exact) mass is 229 g/mol. The zero-order valence-corrected chi connectivity index (χ0v) is 8.96. The molecule has 0 atom stereocenters. The minimum absolute atomic E-state index is 0.277. The fourth-order valence-electron chi connectivity index (χ4n) is 1.42. The molecule has 0 fully saturated rings. The van der Waals surface area contributed by atoms with Crippen molar-refractivity contribution in [3.05, 3.63) is 60.2 Å². The highest BCUT2D eigenvalue weighted by Gasteiger charge is 2.11. The van der Waals surface area contributed by atoms with Gasteiger partial charge in [-0.3, -0.25) is 10.0 Å². The van der Waals surface area contributed by atoms with E-state index in [4.69, 9.17) is 9.94 Å². The summed E-state index contributed by atoms with van der Waals surface area (Å²) in [6.45, 7) is 0. The van der Waals surface area contributed by atoms with Gasteiger partial charge >= 0.3 is 0 Å². The second-order valence-electron chi connectivity index (χ2n) is 3.35. The highest BCUT2D eigenvalue weighted by atomic mass is 16.5. The van der Waals surface area contributed by atoms with Crippen molar-refractivity contribution in [3.8, 4) is 11.5 Å². The van der Waals surface area contributed by atoms with E-state index in [-0.39, 0.29) is 5.56 Å². The average Bonchev–Trinajstić information content (AvgIpc) is 2.40. The van der Waals surface area contributed by atoms with Crippen LogP contribution in [0, 0.1) is 0 Å². The highest BCUT2D eigenvalue weighted by Crippen LogP contribution is 2.24. The smallest absolute Gasteiger partial charge is 0.278 e. The number of para-hydroxylation sites is 2. The summed E-state index contributed by atoms with van der Waals surface area (Å²) in [7, 11) is 0. The summed E-state index contributed by atoms with van der Waals surface area (Å²) in [5.74, 6) is 0.424. The van der Waals surface area contributed by atoms with Crippen molar-refractivity contribution < 1.29 is 14.7 Å². The van der Waals surface area contributed by atoms with Crippen molar-refractivity contribution in [2.75, 3.05) is 0 Å². The number of hydrogen-bond donors (Lipinski definition) is 2. The predicted molar refractivity (Wildman–Crippen MR) is 62.2 cm³/mol. The maximum absolute atomic E-state index is 11.4. The molecule has 2 aromatic rings. The molecule has 17 heavy (non-hydrogen) atoms. The Kier molecular flexibility index (Phi) is 3.37. The largest absolute Gasteiger partial charge is 0.457 e. The second-order valence-corrected chi connectivity index (χ2v) is 3.35. The van der Waals surface area contributed by atoms with E-state index in [1.165, 1.54) is 0 Å². The van der Waals surface area contributed by atoms with Crippen LogP contribution >= 0.6 is 0 Å². The molecule has 0 unspecified atom stereocenters. The number of hydroxylamine groups is 1. The summed E-state index contributed by atoms with van der Waals surface area (Å²) in [6.07, 6.45) is 0. The van der Waals surface area contributed by atoms with Crippen molar-refractivity contribution >= 4 is 5.91 Å². The molecule has 2 aromatic carbocycles. The van der Waals surface area contributed by atoms with Crippen LogP contribution in [0.25, 0.3) is 0 Å². The lowest BCUT2D eigenvalue weighted by Crippen LogP contribution is -2.19. The fraction of sp³-hybridized carbons (Fsp3) is 0. The molecule has 0 aliphatic heterocycles. The van der Waals surface area contributed by atoms with Crippen LogP contribution < -0.4 is 10.2 Å². The first-order valence-corrected chi connectivity index (χ1v) is 5.07. The molecule has 1 amide bonds. The van der Waals surface area contributed by atoms with E-state index in [2.05, 4.69) is 0 Å². The van der Waals surface area contributed by atoms with Crippen molar-refractivity contribution in [2.45, 2.75) is 0 Å². The van der Waals surface area contributed by atoms with Gasteiger partial charge in [0.25, 0.3) is 5.91 Å². The summed E-state index contributed by atoms with van der Waals surface area (Å²) >= 11 is 0. The van der Waals surface area contributed by atoms with Crippen LogP contribution in [0.3, 0.4) is 0 Å². The van der Waals surface area contributed by atoms with E-state index >= 15 is 0 Å². The molecule has 0 saturated heterocycles. The van der Waals surface area contributed by atoms with Crippen LogP contribution in [0.15, 0.2) is 54.6 Å². The third-order valence-electron chi connectivity index (χ3n) is 2.20. The first kappa shape index (κ1) is 11.2. The average molecular weight is 229 g/mol. The molecule has 0 radical (unpaired) electrons. The molecular weight excluding hydrogens is 218 g/mol. The van der Waals surface area contributed by atoms with E-state index in [1.807, 2.05) is 18.2 Å². The van der Waals surface area contributed by atoms with Gasteiger partial charge in [-0.1, -0.05) is 30.3 Å². The third-order valence-corrected chi connectivity index (χ3v) is 2.20. The number of carbonyl (C=O) groups is 1. The van der Waals surface area contributed by atoms with Crippen LogP contribution in [0.4, 0.5) is 0 Å². The Morgan fingerprint density at radius 3 is 2.35 bits per heavy atom. The molecule has 0 bridgehead atoms. The Labute approximate surface area is 98.4 Å². The van der Waals surface area contributed by atoms with Gasteiger partial charge in [0.2, 0.25) is 0 Å². The summed E-state index contributed by atoms with van der Waals surface area (Å²) in [4.78, 5) is 11.4. The maximum Gasteiger partial charge on any atom is 0.278 e. The van der Waals surface area contributed by atoms with Crippen molar-refractivity contribution in [3.63, 3.8) is 0 Å². The van der Waals surface area contributed by atoms with Gasteiger partial charge in [0.15, 0.2) is 0 Å². The lowest BCUT2D eigenvalue weighted by molar-refractivity contribution is 0.0704. The molecule has 2 N–H and O–H groups in total. The number of amides is 1. The Bertz CT molecular complexity index is 511. The van der Waals surface area contributed by atoms with E-state index in [0.29, 0.717) is 11.5 Å². The molecule has 0 aliphatic carbocycles. The number of ether oxygens (including phenoxy) is 1. The summed E-state index contributed by atoms with van der Waals surface area (Å²) < 4.78 is 5.56. The van der Waals surface area contributed by atoms with Crippen LogP contribution in [-0.4, -0.2) is 11.1 Å². The Morgan fingerprint density at radius 1 is 1.00 bits per heavy atom. The Balaban J connectivity index is 2.30. The number of hydrogen-bond acceptors (Lipinski definition) is 3. The van der Waals surface area contributed by atoms with Crippen molar-refractivity contribution in [1.82, 2.24) is 5.48 Å². The van der Waals surface area contributed by atoms with E-state index in [0.717, 1.165) is 0 Å². The predicted octanol–water partition coefficient (Wildman–Crippen LogP) is 2.60. The zero-order valence-electron chi connectivity index (χ0n) is 8.96. The number of nitrogens with one attached hydrogen (secondary N) is 1. The topological polar surface area (TPSA) is 58.6 Å². The van der Waals surface area contributed by atoms with Gasteiger partial charge in [-0.2, -0.15) is 0 Å². The molecule has 0 aromatic heterocycles. The van der Waals surface area contributed by atoms with Gasteiger partial charge in [0, 0.05) is 0 Å². The van der Waals surface area contributed by atoms with Gasteiger partial charge in [0.05, 0.1) is 5.56 Å². The molecule has 0 aliphatic rings. The number of rotatable bonds is 3. The third kappa shape index (κ3) is 2.62. The Morgan fingerprint density at radius 2 is 1.65 bits per heavy atom. The van der Waals surface area contributed by atoms with Crippen molar-refractivity contribution in [1.29, 1.82) is 0 Å². The second kappa shape index (κ2) is 5.14. The van der Waals surface area contributed by atoms with Crippen LogP contribution in [0.2, 0.25) is 0 Å². The number of benzene rings is 2. The standard InChI is InChI=1S/C13H11NO3/c15-13(14-16)11-8-4-5-9-12(11)17-10-6-2-1-3-7-10/h1-9,16H,(H,14,15). The van der Waals surface area contributed by atoms with E-state index < -0.39 is 5.91 Å². The lowest BCUT2D eigenvalue weighted by atomic mass is 10.2. The van der Waals surface area contributed by atoms with Gasteiger partial charge < -0.3 is 4.74 Å². The summed E-state index contributed by atoms with van der Waals surface area (Å²) in [5, 5.41) is 8.62. The van der Waals surface area contributed by atoms with Gasteiger partial charge in [0.1, 0.15) is 11.5 Å². The molecule has 0 saturated carbocycles. The first-order valence-electron chi connectivity index (χ1n) is 5.07. The van der Waals surface area contributed by atoms with Crippen LogP contribution in [0.5, 0.6) is 11.5 Å². The summed E-state index contributed by atoms with van der Waals surface area (Å²) in [6, 6.07) is 15.8. The molecule has 0 heterocycles. The SMILES string of the molecule is O=C(NO)c1ccccc1Oc1ccccc1. The summed E-state index contributed by atoms with van der Waals surface area (Å²) in [5.41, 5.74) is 1.87. The minimum Gasteiger partial charge on any atom is -0.457 e. The maximum atomic E-state index is 11.4. The molecule has 4 nitrogen and oxygen atoms in total. The fourth-order valence-corrected chi connectivity index (χ4v) is 1.42. The van der Waals surface area contributed by atoms with Gasteiger partial charge in [-0.05, 0) is 24.3 Å². The molecule has 2 rings (SSSR count). The molecule has 0 spiro atoms. The van der Waals surface area contributed by atoms with Crippen LogP contribution in [-0.2, 0) is 0 Å². The molecular formula is C13H11NO3. The zero-order chi connectivity index (χ0) is 12.1. The normalized spacial score (nSPS) is 9.71. The Hall–Kier alpha value is -2.33. The van der Waals surface area contributed by atoms with Crippen LogP contribution in [0.1, 0.15) is 10.4 Å². The minimum atomic E-state index is -0.600. The lowest BCUT2D eigenvalue weighted by Gasteiger charge is -2.09. The number of carbonyl (C=O) groups excluding carboxylic acids is 1. The highest BCUT2D eigenvalue weighted by molar-refractivity contribution is 5.96.